The predicted molar refractivity (Wildman–Crippen MR) is 82.3 cm³/mol. The summed E-state index contributed by atoms with van der Waals surface area (Å²) in [5, 5.41) is 3.25. The highest BCUT2D eigenvalue weighted by atomic mass is 32.2. The van der Waals surface area contributed by atoms with Gasteiger partial charge in [-0.2, -0.15) is 0 Å². The van der Waals surface area contributed by atoms with E-state index in [2.05, 4.69) is 23.9 Å². The largest absolute Gasteiger partial charge is 0.384 e. The Bertz CT molecular complexity index is 537. The number of hydrogen-bond acceptors (Lipinski definition) is 3. The number of sulfonamides is 1. The van der Waals surface area contributed by atoms with Gasteiger partial charge in [0.25, 0.3) is 0 Å². The second-order valence-corrected chi connectivity index (χ2v) is 7.54. The molecule has 0 aliphatic heterocycles. The lowest BCUT2D eigenvalue weighted by Gasteiger charge is -2.13. The first-order valence-corrected chi connectivity index (χ1v) is 8.82. The molecule has 0 unspecified atom stereocenters. The third-order valence-corrected chi connectivity index (χ3v) is 4.93. The molecule has 0 amide bonds. The molecule has 20 heavy (non-hydrogen) atoms. The van der Waals surface area contributed by atoms with Gasteiger partial charge in [0.15, 0.2) is 0 Å². The fourth-order valence-electron chi connectivity index (χ4n) is 2.06. The Hall–Kier alpha value is -1.07. The van der Waals surface area contributed by atoms with Crippen molar-refractivity contribution in [1.82, 2.24) is 4.72 Å². The lowest BCUT2D eigenvalue weighted by molar-refractivity contribution is 0.566. The van der Waals surface area contributed by atoms with E-state index >= 15 is 0 Å². The van der Waals surface area contributed by atoms with Crippen LogP contribution in [0.4, 0.5) is 5.69 Å². The number of para-hydroxylation sites is 1. The Morgan fingerprint density at radius 3 is 2.60 bits per heavy atom. The molecular formula is C15H24N2O2S. The third kappa shape index (κ3) is 4.49. The van der Waals surface area contributed by atoms with Gasteiger partial charge in [-0.1, -0.05) is 26.0 Å². The average molecular weight is 296 g/mol. The van der Waals surface area contributed by atoms with Gasteiger partial charge < -0.3 is 5.32 Å². The molecule has 5 heteroatoms. The van der Waals surface area contributed by atoms with Crippen LogP contribution in [0.15, 0.2) is 29.2 Å². The van der Waals surface area contributed by atoms with Crippen molar-refractivity contribution in [1.29, 1.82) is 0 Å². The van der Waals surface area contributed by atoms with Gasteiger partial charge in [0.05, 0.1) is 5.69 Å². The predicted octanol–water partition coefficient (Wildman–Crippen LogP) is 2.98. The molecule has 1 aliphatic rings. The first kappa shape index (κ1) is 15.3. The fraction of sp³-hybridized carbons (Fsp3) is 0.600. The van der Waals surface area contributed by atoms with Gasteiger partial charge in [0.1, 0.15) is 4.90 Å². The summed E-state index contributed by atoms with van der Waals surface area (Å²) in [5.41, 5.74) is 0.699. The Balaban J connectivity index is 2.01. The average Bonchev–Trinajstić information content (AvgIpc) is 3.18. The van der Waals surface area contributed by atoms with Crippen LogP contribution >= 0.6 is 0 Å². The van der Waals surface area contributed by atoms with E-state index in [9.17, 15) is 8.42 Å². The maximum Gasteiger partial charge on any atom is 0.242 e. The zero-order valence-corrected chi connectivity index (χ0v) is 13.0. The minimum Gasteiger partial charge on any atom is -0.384 e. The Kier molecular flexibility index (Phi) is 5.05. The molecule has 0 radical (unpaired) electrons. The van der Waals surface area contributed by atoms with E-state index < -0.39 is 10.0 Å². The molecular weight excluding hydrogens is 272 g/mol. The van der Waals surface area contributed by atoms with Gasteiger partial charge in [-0.05, 0) is 43.7 Å². The van der Waals surface area contributed by atoms with Crippen LogP contribution in [0.3, 0.4) is 0 Å². The smallest absolute Gasteiger partial charge is 0.242 e. The molecule has 2 N–H and O–H groups in total. The SMILES string of the molecule is CC(C)CCCNc1ccccc1S(=O)(=O)NC1CC1. The fourth-order valence-corrected chi connectivity index (χ4v) is 3.55. The first-order valence-electron chi connectivity index (χ1n) is 7.34. The number of rotatable bonds is 8. The summed E-state index contributed by atoms with van der Waals surface area (Å²) in [6.07, 6.45) is 4.08. The topological polar surface area (TPSA) is 58.2 Å². The number of nitrogens with one attached hydrogen (secondary N) is 2. The number of anilines is 1. The minimum atomic E-state index is -3.39. The van der Waals surface area contributed by atoms with Crippen LogP contribution in [-0.4, -0.2) is 21.0 Å². The summed E-state index contributed by atoms with van der Waals surface area (Å²) < 4.78 is 27.3. The molecule has 1 aromatic rings. The van der Waals surface area contributed by atoms with Crippen LogP contribution in [0.25, 0.3) is 0 Å². The minimum absolute atomic E-state index is 0.133. The molecule has 1 saturated carbocycles. The van der Waals surface area contributed by atoms with E-state index in [1.165, 1.54) is 0 Å². The molecule has 1 aliphatic carbocycles. The van der Waals surface area contributed by atoms with Crippen LogP contribution in [-0.2, 0) is 10.0 Å². The molecule has 0 atom stereocenters. The summed E-state index contributed by atoms with van der Waals surface area (Å²) in [5.74, 6) is 0.673. The van der Waals surface area contributed by atoms with Gasteiger partial charge in [-0.25, -0.2) is 13.1 Å². The highest BCUT2D eigenvalue weighted by molar-refractivity contribution is 7.89. The lowest BCUT2D eigenvalue weighted by Crippen LogP contribution is -2.26. The normalized spacial score (nSPS) is 15.6. The van der Waals surface area contributed by atoms with Crippen LogP contribution in [0.5, 0.6) is 0 Å². The number of hydrogen-bond donors (Lipinski definition) is 2. The van der Waals surface area contributed by atoms with E-state index in [0.29, 0.717) is 16.5 Å². The van der Waals surface area contributed by atoms with Crippen molar-refractivity contribution in [3.63, 3.8) is 0 Å². The van der Waals surface area contributed by atoms with Crippen molar-refractivity contribution in [2.45, 2.75) is 50.5 Å². The van der Waals surface area contributed by atoms with Crippen molar-refractivity contribution in [3.8, 4) is 0 Å². The Labute approximate surface area is 122 Å². The maximum absolute atomic E-state index is 12.3. The van der Waals surface area contributed by atoms with Crippen molar-refractivity contribution >= 4 is 15.7 Å². The monoisotopic (exact) mass is 296 g/mol. The quantitative estimate of drug-likeness (QED) is 0.725. The molecule has 0 aromatic heterocycles. The van der Waals surface area contributed by atoms with Crippen LogP contribution < -0.4 is 10.0 Å². The first-order chi connectivity index (χ1) is 9.49. The van der Waals surface area contributed by atoms with E-state index in [0.717, 1.165) is 32.2 Å². The molecule has 0 heterocycles. The standard InChI is InChI=1S/C15H24N2O2S/c1-12(2)6-5-11-16-14-7-3-4-8-15(14)20(18,19)17-13-9-10-13/h3-4,7-8,12-13,16-17H,5-6,9-11H2,1-2H3. The van der Waals surface area contributed by atoms with Crippen molar-refractivity contribution in [2.24, 2.45) is 5.92 Å². The zero-order valence-electron chi connectivity index (χ0n) is 12.2. The highest BCUT2D eigenvalue weighted by Crippen LogP contribution is 2.25. The summed E-state index contributed by atoms with van der Waals surface area (Å²) >= 11 is 0. The highest BCUT2D eigenvalue weighted by Gasteiger charge is 2.29. The third-order valence-electron chi connectivity index (χ3n) is 3.35. The summed E-state index contributed by atoms with van der Waals surface area (Å²) in [6.45, 7) is 5.18. The number of benzene rings is 1. The van der Waals surface area contributed by atoms with Crippen molar-refractivity contribution in [3.05, 3.63) is 24.3 Å². The summed E-state index contributed by atoms with van der Waals surface area (Å²) in [6, 6.07) is 7.25. The lowest BCUT2D eigenvalue weighted by atomic mass is 10.1. The van der Waals surface area contributed by atoms with E-state index in [4.69, 9.17) is 0 Å². The van der Waals surface area contributed by atoms with E-state index in [1.807, 2.05) is 12.1 Å². The van der Waals surface area contributed by atoms with Crippen LogP contribution in [0.1, 0.15) is 39.5 Å². The second-order valence-electron chi connectivity index (χ2n) is 5.85. The molecule has 0 saturated heterocycles. The zero-order chi connectivity index (χ0) is 14.6. The van der Waals surface area contributed by atoms with Crippen molar-refractivity contribution in [2.75, 3.05) is 11.9 Å². The molecule has 0 spiro atoms. The molecule has 1 aromatic carbocycles. The molecule has 112 valence electrons. The van der Waals surface area contributed by atoms with Gasteiger partial charge in [0, 0.05) is 12.6 Å². The van der Waals surface area contributed by atoms with Crippen LogP contribution in [0, 0.1) is 5.92 Å². The second kappa shape index (κ2) is 6.59. The van der Waals surface area contributed by atoms with Crippen LogP contribution in [0.2, 0.25) is 0 Å². The van der Waals surface area contributed by atoms with Gasteiger partial charge >= 0.3 is 0 Å². The summed E-state index contributed by atoms with van der Waals surface area (Å²) in [7, 11) is -3.39. The molecule has 0 bridgehead atoms. The Morgan fingerprint density at radius 1 is 1.25 bits per heavy atom. The molecule has 1 fully saturated rings. The molecule has 2 rings (SSSR count). The Morgan fingerprint density at radius 2 is 1.95 bits per heavy atom. The van der Waals surface area contributed by atoms with Crippen molar-refractivity contribution < 1.29 is 8.42 Å². The van der Waals surface area contributed by atoms with E-state index in [1.54, 1.807) is 12.1 Å². The summed E-state index contributed by atoms with van der Waals surface area (Å²) in [4.78, 5) is 0.358. The van der Waals surface area contributed by atoms with E-state index in [-0.39, 0.29) is 6.04 Å². The van der Waals surface area contributed by atoms with Gasteiger partial charge in [-0.3, -0.25) is 0 Å². The maximum atomic E-state index is 12.3. The molecule has 4 nitrogen and oxygen atoms in total. The van der Waals surface area contributed by atoms with Gasteiger partial charge in [0.2, 0.25) is 10.0 Å². The van der Waals surface area contributed by atoms with Gasteiger partial charge in [-0.15, -0.1) is 0 Å².